The lowest BCUT2D eigenvalue weighted by Crippen LogP contribution is -2.36. The van der Waals surface area contributed by atoms with Gasteiger partial charge < -0.3 is 15.6 Å². The van der Waals surface area contributed by atoms with Crippen molar-refractivity contribution in [2.24, 2.45) is 0 Å². The summed E-state index contributed by atoms with van der Waals surface area (Å²) < 4.78 is 0. The molecule has 3 heteroatoms. The fourth-order valence-corrected chi connectivity index (χ4v) is 9.78. The molecule has 0 unspecified atom stereocenters. The van der Waals surface area contributed by atoms with Gasteiger partial charge in [-0.15, -0.1) is 0 Å². The molecular weight excluding hydrogens is 751 g/mol. The Morgan fingerprint density at radius 1 is 0.435 bits per heavy atom. The van der Waals surface area contributed by atoms with Gasteiger partial charge in [0.2, 0.25) is 0 Å². The quantitative estimate of drug-likeness (QED) is 0.143. The Balaban J connectivity index is 0.969. The van der Waals surface area contributed by atoms with Gasteiger partial charge in [0.1, 0.15) is 0 Å². The number of hydrogen-bond donors (Lipinski definition) is 2. The molecule has 0 saturated carbocycles. The predicted molar refractivity (Wildman–Crippen MR) is 257 cm³/mol. The van der Waals surface area contributed by atoms with Crippen LogP contribution in [0.5, 0.6) is 0 Å². The fourth-order valence-electron chi connectivity index (χ4n) is 9.78. The van der Waals surface area contributed by atoms with Gasteiger partial charge in [0, 0.05) is 17.9 Å². The van der Waals surface area contributed by atoms with E-state index in [1.165, 1.54) is 61.4 Å². The summed E-state index contributed by atoms with van der Waals surface area (Å²) in [6.45, 7) is 0.619. The average Bonchev–Trinajstić information content (AvgIpc) is 3.64. The molecule has 62 heavy (non-hydrogen) atoms. The fraction of sp³-hybridized carbons (Fsp3) is 0.0339. The van der Waals surface area contributed by atoms with E-state index in [-0.39, 0.29) is 0 Å². The minimum absolute atomic E-state index is 0.468. The summed E-state index contributed by atoms with van der Waals surface area (Å²) in [6, 6.07) is 82.8. The Morgan fingerprint density at radius 2 is 0.952 bits per heavy atom. The first-order valence-electron chi connectivity index (χ1n) is 21.3. The van der Waals surface area contributed by atoms with E-state index in [2.05, 4.69) is 192 Å². The van der Waals surface area contributed by atoms with Crippen LogP contribution in [0.3, 0.4) is 0 Å². The smallest absolute Gasteiger partial charge is 0.0754 e. The molecule has 0 amide bonds. The summed E-state index contributed by atoms with van der Waals surface area (Å²) in [5.41, 5.74) is 20.0. The molecular formula is C59H43N3. The van der Waals surface area contributed by atoms with Crippen molar-refractivity contribution in [2.75, 3.05) is 4.90 Å². The maximum Gasteiger partial charge on any atom is 0.0754 e. The van der Waals surface area contributed by atoms with Crippen molar-refractivity contribution in [1.29, 1.82) is 5.41 Å². The highest BCUT2D eigenvalue weighted by Crippen LogP contribution is 2.63. The van der Waals surface area contributed by atoms with Crippen LogP contribution in [0.1, 0.15) is 38.9 Å². The number of hydrogen-bond acceptors (Lipinski definition) is 3. The number of nitrogens with zero attached hydrogens (tertiary/aromatic N) is 1. The van der Waals surface area contributed by atoms with Crippen molar-refractivity contribution in [3.05, 3.63) is 276 Å². The minimum Gasteiger partial charge on any atom is -0.380 e. The molecule has 3 nitrogen and oxygen atoms in total. The van der Waals surface area contributed by atoms with E-state index >= 15 is 0 Å². The van der Waals surface area contributed by atoms with Gasteiger partial charge >= 0.3 is 0 Å². The largest absolute Gasteiger partial charge is 0.380 e. The summed E-state index contributed by atoms with van der Waals surface area (Å²) in [5.74, 6) is 0. The van der Waals surface area contributed by atoms with Crippen LogP contribution in [0.4, 0.5) is 17.1 Å². The molecule has 11 rings (SSSR count). The van der Waals surface area contributed by atoms with E-state index in [1.54, 1.807) is 0 Å². The lowest BCUT2D eigenvalue weighted by Gasteiger charge is -2.45. The molecule has 1 aliphatic heterocycles. The topological polar surface area (TPSA) is 39.1 Å². The first kappa shape index (κ1) is 37.0. The molecule has 0 saturated heterocycles. The van der Waals surface area contributed by atoms with Crippen LogP contribution in [-0.4, -0.2) is 5.71 Å². The molecule has 9 aromatic carbocycles. The second kappa shape index (κ2) is 15.5. The van der Waals surface area contributed by atoms with Crippen molar-refractivity contribution < 1.29 is 0 Å². The molecule has 1 heterocycles. The highest BCUT2D eigenvalue weighted by Gasteiger charge is 2.51. The molecule has 294 valence electrons. The molecule has 0 fully saturated rings. The molecule has 0 radical (unpaired) electrons. The van der Waals surface area contributed by atoms with E-state index in [4.69, 9.17) is 5.41 Å². The second-order valence-electron chi connectivity index (χ2n) is 16.1. The van der Waals surface area contributed by atoms with Gasteiger partial charge in [-0.1, -0.05) is 188 Å². The summed E-state index contributed by atoms with van der Waals surface area (Å²) >= 11 is 0. The molecule has 2 N–H and O–H groups in total. The summed E-state index contributed by atoms with van der Waals surface area (Å²) in [5, 5.41) is 12.5. The molecule has 9 aromatic rings. The lowest BCUT2D eigenvalue weighted by atomic mass is 9.64. The van der Waals surface area contributed by atoms with Gasteiger partial charge in [-0.25, -0.2) is 0 Å². The SMILES string of the molecule is N=C(/C=C(\NCc1cccc(-c2cccc(-c3ccc4c(c3)C3(c5ccccc5-4)c4ccccc4N(c4ccccc4)c4ccccc43)c2)c1)c1ccccc1)c1ccccc1. The predicted octanol–water partition coefficient (Wildman–Crippen LogP) is 14.4. The maximum absolute atomic E-state index is 8.85. The number of nitrogens with one attached hydrogen (secondary N) is 2. The summed E-state index contributed by atoms with van der Waals surface area (Å²) in [6.07, 6.45) is 1.93. The normalized spacial score (nSPS) is 13.2. The van der Waals surface area contributed by atoms with Crippen LogP contribution in [0, 0.1) is 5.41 Å². The van der Waals surface area contributed by atoms with Crippen molar-refractivity contribution in [2.45, 2.75) is 12.0 Å². The Kier molecular flexibility index (Phi) is 9.28. The molecule has 2 aliphatic rings. The summed E-state index contributed by atoms with van der Waals surface area (Å²) in [4.78, 5) is 2.43. The first-order valence-corrected chi connectivity index (χ1v) is 21.3. The third-order valence-corrected chi connectivity index (χ3v) is 12.6. The molecule has 0 aromatic heterocycles. The number of para-hydroxylation sites is 3. The highest BCUT2D eigenvalue weighted by atomic mass is 15.2. The summed E-state index contributed by atoms with van der Waals surface area (Å²) in [7, 11) is 0. The van der Waals surface area contributed by atoms with Crippen molar-refractivity contribution in [3.63, 3.8) is 0 Å². The Hall–Kier alpha value is -8.01. The monoisotopic (exact) mass is 793 g/mol. The van der Waals surface area contributed by atoms with Gasteiger partial charge in [-0.05, 0) is 121 Å². The van der Waals surface area contributed by atoms with Crippen molar-refractivity contribution >= 4 is 28.5 Å². The average molecular weight is 794 g/mol. The highest BCUT2D eigenvalue weighted by molar-refractivity contribution is 6.10. The zero-order valence-corrected chi connectivity index (χ0v) is 34.2. The van der Waals surface area contributed by atoms with E-state index < -0.39 is 5.41 Å². The Labute approximate surface area is 363 Å². The van der Waals surface area contributed by atoms with Crippen LogP contribution in [0.25, 0.3) is 39.1 Å². The third kappa shape index (κ3) is 6.26. The maximum atomic E-state index is 8.85. The second-order valence-corrected chi connectivity index (χ2v) is 16.1. The number of anilines is 3. The van der Waals surface area contributed by atoms with Crippen LogP contribution in [0.2, 0.25) is 0 Å². The zero-order chi connectivity index (χ0) is 41.5. The van der Waals surface area contributed by atoms with E-state index in [1.807, 2.05) is 54.6 Å². The Morgan fingerprint density at radius 3 is 1.63 bits per heavy atom. The van der Waals surface area contributed by atoms with Gasteiger partial charge in [-0.3, -0.25) is 0 Å². The van der Waals surface area contributed by atoms with Crippen LogP contribution < -0.4 is 10.2 Å². The standard InChI is InChI=1S/C59H43N3/c60-55(42-19-4-1-5-20-42)39-56(43-21-6-2-7-22-43)61-40-41-18-16-23-44(36-41)45-24-17-25-46(37-45)47-34-35-50-49-28-10-11-29-51(49)59(54(50)38-47)52-30-12-14-32-57(52)62(48-26-8-3-9-27-48)58-33-15-13-31-53(58)59/h1-39,60-61H,40H2/b56-39-,60-55?. The van der Waals surface area contributed by atoms with Gasteiger partial charge in [-0.2, -0.15) is 0 Å². The van der Waals surface area contributed by atoms with Crippen LogP contribution >= 0.6 is 0 Å². The number of rotatable bonds is 9. The van der Waals surface area contributed by atoms with E-state index in [9.17, 15) is 0 Å². The van der Waals surface area contributed by atoms with E-state index in [0.717, 1.165) is 33.6 Å². The number of benzene rings is 9. The molecule has 1 aliphatic carbocycles. The van der Waals surface area contributed by atoms with Crippen molar-refractivity contribution in [3.8, 4) is 33.4 Å². The molecule has 1 spiro atoms. The Bertz CT molecular complexity index is 3100. The first-order chi connectivity index (χ1) is 30.7. The molecule has 0 atom stereocenters. The number of allylic oxidation sites excluding steroid dienone is 1. The zero-order valence-electron chi connectivity index (χ0n) is 34.2. The van der Waals surface area contributed by atoms with Crippen LogP contribution in [0.15, 0.2) is 237 Å². The van der Waals surface area contributed by atoms with Gasteiger partial charge in [0.05, 0.1) is 22.5 Å². The van der Waals surface area contributed by atoms with Crippen LogP contribution in [-0.2, 0) is 12.0 Å². The van der Waals surface area contributed by atoms with E-state index in [0.29, 0.717) is 12.3 Å². The number of fused-ring (bicyclic) bond motifs is 9. The van der Waals surface area contributed by atoms with Crippen molar-refractivity contribution in [1.82, 2.24) is 5.32 Å². The minimum atomic E-state index is -0.508. The third-order valence-electron chi connectivity index (χ3n) is 12.6. The molecule has 0 bridgehead atoms. The lowest BCUT2D eigenvalue weighted by molar-refractivity contribution is 0.753. The van der Waals surface area contributed by atoms with Gasteiger partial charge in [0.15, 0.2) is 0 Å². The van der Waals surface area contributed by atoms with Gasteiger partial charge in [0.25, 0.3) is 0 Å².